The number of nitrogens with one attached hydrogen (secondary N) is 2. The monoisotopic (exact) mass is 502 g/mol. The van der Waals surface area contributed by atoms with Crippen LogP contribution in [0.3, 0.4) is 0 Å². The maximum atomic E-state index is 13.2. The first-order chi connectivity index (χ1) is 16.4. The Labute approximate surface area is 199 Å². The Bertz CT molecular complexity index is 1350. The number of rotatable bonds is 8. The summed E-state index contributed by atoms with van der Waals surface area (Å²) >= 11 is 1.18. The Morgan fingerprint density at radius 2 is 2.00 bits per heavy atom. The molecule has 178 valence electrons. The number of anilines is 2. The number of carbonyl (C=O) groups is 1. The predicted octanol–water partition coefficient (Wildman–Crippen LogP) is 2.21. The molecule has 1 aliphatic heterocycles. The topological polar surface area (TPSA) is 145 Å². The van der Waals surface area contributed by atoms with Gasteiger partial charge in [0.15, 0.2) is 37.3 Å². The van der Waals surface area contributed by atoms with Gasteiger partial charge in [0.25, 0.3) is 5.91 Å². The highest BCUT2D eigenvalue weighted by molar-refractivity contribution is 7.92. The first-order valence-corrected chi connectivity index (χ1v) is 13.1. The SMILES string of the molecule is CNc1cnc2nc(NC(=O)/C(=N/O[C@@H]3CCOC3)c3ccc(S(=O)(=O)C4CC4)cc3)sc2n1. The Morgan fingerprint density at radius 3 is 2.68 bits per heavy atom. The van der Waals surface area contributed by atoms with Gasteiger partial charge >= 0.3 is 0 Å². The number of fused-ring (bicyclic) bond motifs is 1. The van der Waals surface area contributed by atoms with Gasteiger partial charge in [-0.25, -0.2) is 18.4 Å². The molecule has 34 heavy (non-hydrogen) atoms. The van der Waals surface area contributed by atoms with Crippen molar-refractivity contribution in [2.45, 2.75) is 35.5 Å². The first kappa shape index (κ1) is 22.6. The third-order valence-electron chi connectivity index (χ3n) is 5.42. The molecule has 3 aromatic rings. The van der Waals surface area contributed by atoms with E-state index in [0.29, 0.717) is 59.5 Å². The van der Waals surface area contributed by atoms with E-state index in [2.05, 4.69) is 30.7 Å². The van der Waals surface area contributed by atoms with E-state index in [4.69, 9.17) is 9.57 Å². The van der Waals surface area contributed by atoms with E-state index >= 15 is 0 Å². The standard InChI is InChI=1S/C21H22N6O5S2/c1-22-16-10-23-18-20(24-16)33-21(25-18)26-19(28)17(27-32-13-8-9-31-11-13)12-2-4-14(5-3-12)34(29,30)15-6-7-15/h2-5,10,13,15H,6-9,11H2,1H3,(H,22,24)(H,23,25,26,28)/b27-17+/t13-/m1/s1. The number of oxime groups is 1. The summed E-state index contributed by atoms with van der Waals surface area (Å²) in [5, 5.41) is 9.72. The molecule has 2 aliphatic rings. The molecular formula is C21H22N6O5S2. The van der Waals surface area contributed by atoms with Crippen molar-refractivity contribution in [1.82, 2.24) is 15.0 Å². The van der Waals surface area contributed by atoms with Crippen LogP contribution in [-0.4, -0.2) is 66.6 Å². The zero-order valence-electron chi connectivity index (χ0n) is 18.2. The second-order valence-corrected chi connectivity index (χ2v) is 11.1. The Kier molecular flexibility index (Phi) is 6.15. The summed E-state index contributed by atoms with van der Waals surface area (Å²) in [5.41, 5.74) is 0.825. The minimum atomic E-state index is -3.34. The Morgan fingerprint density at radius 1 is 1.21 bits per heavy atom. The fraction of sp³-hybridized carbons (Fsp3) is 0.381. The number of nitrogens with zero attached hydrogens (tertiary/aromatic N) is 4. The van der Waals surface area contributed by atoms with Crippen LogP contribution < -0.4 is 10.6 Å². The largest absolute Gasteiger partial charge is 0.389 e. The molecule has 5 rings (SSSR count). The molecule has 0 spiro atoms. The molecule has 1 amide bonds. The molecule has 1 aliphatic carbocycles. The van der Waals surface area contributed by atoms with Crippen LogP contribution in [0.2, 0.25) is 0 Å². The Balaban J connectivity index is 1.41. The average molecular weight is 503 g/mol. The lowest BCUT2D eigenvalue weighted by Gasteiger charge is -2.10. The van der Waals surface area contributed by atoms with Crippen molar-refractivity contribution >= 4 is 54.2 Å². The second kappa shape index (κ2) is 9.24. The molecule has 0 radical (unpaired) electrons. The minimum absolute atomic E-state index is 0.00152. The number of benzene rings is 1. The van der Waals surface area contributed by atoms with Crippen LogP contribution >= 0.6 is 11.3 Å². The molecule has 11 nitrogen and oxygen atoms in total. The molecule has 2 aromatic heterocycles. The Hall–Kier alpha value is -3.16. The van der Waals surface area contributed by atoms with Gasteiger partial charge in [-0.15, -0.1) is 0 Å². The third kappa shape index (κ3) is 4.72. The number of hydrogen-bond acceptors (Lipinski definition) is 11. The molecule has 1 atom stereocenters. The summed E-state index contributed by atoms with van der Waals surface area (Å²) in [4.78, 5) is 32.4. The van der Waals surface area contributed by atoms with Gasteiger partial charge in [-0.2, -0.15) is 4.98 Å². The number of thiazole rings is 1. The summed E-state index contributed by atoms with van der Waals surface area (Å²) in [5.74, 6) is 0.0364. The molecule has 13 heteroatoms. The average Bonchev–Trinajstić information content (AvgIpc) is 3.44. The summed E-state index contributed by atoms with van der Waals surface area (Å²) in [6, 6.07) is 6.11. The van der Waals surface area contributed by atoms with Gasteiger partial charge in [0.2, 0.25) is 0 Å². The van der Waals surface area contributed by atoms with E-state index in [1.807, 2.05) is 0 Å². The normalized spacial score (nSPS) is 18.7. The minimum Gasteiger partial charge on any atom is -0.389 e. The van der Waals surface area contributed by atoms with Crippen molar-refractivity contribution in [3.05, 3.63) is 36.0 Å². The molecule has 0 unspecified atom stereocenters. The molecule has 1 saturated carbocycles. The third-order valence-corrected chi connectivity index (χ3v) is 8.55. The van der Waals surface area contributed by atoms with E-state index in [-0.39, 0.29) is 22.0 Å². The summed E-state index contributed by atoms with van der Waals surface area (Å²) in [6.07, 6.45) is 3.32. The molecular weight excluding hydrogens is 480 g/mol. The molecule has 3 heterocycles. The summed E-state index contributed by atoms with van der Waals surface area (Å²) < 4.78 is 30.3. The maximum absolute atomic E-state index is 13.2. The van der Waals surface area contributed by atoms with Gasteiger partial charge in [-0.3, -0.25) is 10.1 Å². The van der Waals surface area contributed by atoms with Gasteiger partial charge in [0, 0.05) is 19.0 Å². The van der Waals surface area contributed by atoms with Crippen LogP contribution in [0.15, 0.2) is 40.5 Å². The van der Waals surface area contributed by atoms with Gasteiger partial charge in [0.05, 0.1) is 29.6 Å². The van der Waals surface area contributed by atoms with Crippen molar-refractivity contribution in [3.63, 3.8) is 0 Å². The molecule has 2 N–H and O–H groups in total. The molecule has 0 bridgehead atoms. The number of aromatic nitrogens is 3. The fourth-order valence-electron chi connectivity index (χ4n) is 3.37. The second-order valence-electron chi connectivity index (χ2n) is 7.91. The summed E-state index contributed by atoms with van der Waals surface area (Å²) in [6.45, 7) is 0.954. The predicted molar refractivity (Wildman–Crippen MR) is 127 cm³/mol. The number of ether oxygens (including phenoxy) is 1. The maximum Gasteiger partial charge on any atom is 0.280 e. The number of sulfone groups is 1. The fourth-order valence-corrected chi connectivity index (χ4v) is 5.82. The van der Waals surface area contributed by atoms with Crippen LogP contribution in [0.5, 0.6) is 0 Å². The molecule has 1 saturated heterocycles. The van der Waals surface area contributed by atoms with Gasteiger partial charge in [-0.1, -0.05) is 28.6 Å². The van der Waals surface area contributed by atoms with Gasteiger partial charge in [0.1, 0.15) is 5.82 Å². The van der Waals surface area contributed by atoms with Crippen molar-refractivity contribution in [1.29, 1.82) is 0 Å². The van der Waals surface area contributed by atoms with Crippen molar-refractivity contribution in [2.24, 2.45) is 5.16 Å². The highest BCUT2D eigenvalue weighted by Crippen LogP contribution is 2.33. The van der Waals surface area contributed by atoms with Crippen molar-refractivity contribution < 1.29 is 22.8 Å². The van der Waals surface area contributed by atoms with E-state index in [0.717, 1.165) is 0 Å². The van der Waals surface area contributed by atoms with Gasteiger partial charge < -0.3 is 14.9 Å². The van der Waals surface area contributed by atoms with Gasteiger partial charge in [-0.05, 0) is 25.0 Å². The van der Waals surface area contributed by atoms with E-state index < -0.39 is 15.7 Å². The van der Waals surface area contributed by atoms with Crippen LogP contribution in [0, 0.1) is 0 Å². The highest BCUT2D eigenvalue weighted by Gasteiger charge is 2.36. The van der Waals surface area contributed by atoms with Crippen molar-refractivity contribution in [2.75, 3.05) is 30.9 Å². The van der Waals surface area contributed by atoms with Crippen LogP contribution in [0.25, 0.3) is 10.5 Å². The number of hydrogen-bond donors (Lipinski definition) is 2. The van der Waals surface area contributed by atoms with E-state index in [1.165, 1.54) is 23.5 Å². The van der Waals surface area contributed by atoms with Crippen LogP contribution in [0.1, 0.15) is 24.8 Å². The smallest absolute Gasteiger partial charge is 0.280 e. The zero-order chi connectivity index (χ0) is 23.7. The highest BCUT2D eigenvalue weighted by atomic mass is 32.2. The lowest BCUT2D eigenvalue weighted by molar-refractivity contribution is -0.110. The lowest BCUT2D eigenvalue weighted by Crippen LogP contribution is -2.25. The zero-order valence-corrected chi connectivity index (χ0v) is 19.9. The molecule has 1 aromatic carbocycles. The lowest BCUT2D eigenvalue weighted by atomic mass is 10.1. The van der Waals surface area contributed by atoms with Crippen LogP contribution in [0.4, 0.5) is 10.9 Å². The molecule has 2 fully saturated rings. The van der Waals surface area contributed by atoms with E-state index in [9.17, 15) is 13.2 Å². The number of amides is 1. The quantitative estimate of drug-likeness (QED) is 0.350. The van der Waals surface area contributed by atoms with Crippen LogP contribution in [-0.2, 0) is 24.2 Å². The summed E-state index contributed by atoms with van der Waals surface area (Å²) in [7, 11) is -1.60. The first-order valence-electron chi connectivity index (χ1n) is 10.7. The van der Waals surface area contributed by atoms with E-state index in [1.54, 1.807) is 25.4 Å². The number of carbonyl (C=O) groups excluding carboxylic acids is 1. The van der Waals surface area contributed by atoms with Crippen molar-refractivity contribution in [3.8, 4) is 0 Å².